The van der Waals surface area contributed by atoms with Gasteiger partial charge in [0, 0.05) is 13.7 Å². The molecule has 4 nitrogen and oxygen atoms in total. The van der Waals surface area contributed by atoms with Crippen LogP contribution in [0, 0.1) is 0 Å². The number of hydrogen-bond donors (Lipinski definition) is 1. The highest BCUT2D eigenvalue weighted by molar-refractivity contribution is 5.30. The Bertz CT molecular complexity index is 344. The Labute approximate surface area is 109 Å². The van der Waals surface area contributed by atoms with E-state index in [9.17, 15) is 0 Å². The lowest BCUT2D eigenvalue weighted by atomic mass is 10.1. The molecule has 2 unspecified atom stereocenters. The molecule has 0 amide bonds. The number of hydrogen-bond acceptors (Lipinski definition) is 4. The van der Waals surface area contributed by atoms with E-state index in [2.05, 4.69) is 5.32 Å². The van der Waals surface area contributed by atoms with Gasteiger partial charge in [-0.25, -0.2) is 0 Å². The fourth-order valence-electron chi connectivity index (χ4n) is 1.83. The number of likely N-dealkylation sites (N-methyl/N-ethyl adjacent to an activating group) is 1. The van der Waals surface area contributed by atoms with Crippen LogP contribution in [0.25, 0.3) is 0 Å². The van der Waals surface area contributed by atoms with Gasteiger partial charge in [-0.3, -0.25) is 0 Å². The first-order valence-electron chi connectivity index (χ1n) is 6.14. The van der Waals surface area contributed by atoms with Crippen LogP contribution in [0.2, 0.25) is 0 Å². The van der Waals surface area contributed by atoms with Crippen molar-refractivity contribution in [2.45, 2.75) is 19.1 Å². The maximum atomic E-state index is 5.97. The lowest BCUT2D eigenvalue weighted by Crippen LogP contribution is -2.25. The minimum atomic E-state index is -0.00440. The second-order valence-corrected chi connectivity index (χ2v) is 4.22. The molecule has 102 valence electrons. The number of rotatable bonds is 8. The average Bonchev–Trinajstić information content (AvgIpc) is 2.38. The van der Waals surface area contributed by atoms with Gasteiger partial charge >= 0.3 is 0 Å². The van der Waals surface area contributed by atoms with E-state index < -0.39 is 0 Å². The summed E-state index contributed by atoms with van der Waals surface area (Å²) >= 11 is 0. The lowest BCUT2D eigenvalue weighted by Gasteiger charge is -2.22. The predicted octanol–water partition coefficient (Wildman–Crippen LogP) is 2.01. The number of ether oxygens (including phenoxy) is 3. The quantitative estimate of drug-likeness (QED) is 0.769. The summed E-state index contributed by atoms with van der Waals surface area (Å²) in [5.74, 6) is 0.844. The van der Waals surface area contributed by atoms with E-state index in [0.717, 1.165) is 17.9 Å². The summed E-state index contributed by atoms with van der Waals surface area (Å²) in [5, 5.41) is 3.14. The van der Waals surface area contributed by atoms with E-state index in [4.69, 9.17) is 14.2 Å². The lowest BCUT2D eigenvalue weighted by molar-refractivity contribution is -0.0387. The normalized spacial score (nSPS) is 14.2. The fourth-order valence-corrected chi connectivity index (χ4v) is 1.83. The Balaban J connectivity index is 2.75. The topological polar surface area (TPSA) is 39.7 Å². The molecule has 1 N–H and O–H groups in total. The van der Waals surface area contributed by atoms with E-state index in [1.165, 1.54) is 0 Å². The monoisotopic (exact) mass is 253 g/mol. The summed E-state index contributed by atoms with van der Waals surface area (Å²) < 4.78 is 16.3. The summed E-state index contributed by atoms with van der Waals surface area (Å²) in [6, 6.07) is 7.95. The molecule has 0 aliphatic heterocycles. The van der Waals surface area contributed by atoms with Crippen LogP contribution < -0.4 is 10.1 Å². The standard InChI is InChI=1S/C14H23NO3/c1-11(10-16-3)18-14(9-15-2)12-6-5-7-13(8-12)17-4/h5-8,11,14-15H,9-10H2,1-4H3. The van der Waals surface area contributed by atoms with Gasteiger partial charge in [0.2, 0.25) is 0 Å². The van der Waals surface area contributed by atoms with Gasteiger partial charge in [0.05, 0.1) is 25.9 Å². The molecule has 0 aromatic heterocycles. The van der Waals surface area contributed by atoms with Crippen LogP contribution in [-0.2, 0) is 9.47 Å². The minimum Gasteiger partial charge on any atom is -0.497 e. The molecule has 2 atom stereocenters. The minimum absolute atomic E-state index is 0.00440. The van der Waals surface area contributed by atoms with Crippen LogP contribution in [-0.4, -0.2) is 40.5 Å². The zero-order chi connectivity index (χ0) is 13.4. The van der Waals surface area contributed by atoms with Crippen molar-refractivity contribution in [3.8, 4) is 5.75 Å². The predicted molar refractivity (Wildman–Crippen MR) is 72.1 cm³/mol. The molecule has 0 heterocycles. The van der Waals surface area contributed by atoms with Crippen LogP contribution in [0.4, 0.5) is 0 Å². The van der Waals surface area contributed by atoms with Gasteiger partial charge in [0.1, 0.15) is 5.75 Å². The third kappa shape index (κ3) is 4.64. The van der Waals surface area contributed by atoms with Gasteiger partial charge in [0.15, 0.2) is 0 Å². The van der Waals surface area contributed by atoms with Gasteiger partial charge in [-0.2, -0.15) is 0 Å². The number of nitrogens with one attached hydrogen (secondary N) is 1. The maximum Gasteiger partial charge on any atom is 0.119 e. The average molecular weight is 253 g/mol. The smallest absolute Gasteiger partial charge is 0.119 e. The Morgan fingerprint density at radius 1 is 1.28 bits per heavy atom. The van der Waals surface area contributed by atoms with Gasteiger partial charge in [-0.15, -0.1) is 0 Å². The van der Waals surface area contributed by atoms with Crippen molar-refractivity contribution < 1.29 is 14.2 Å². The van der Waals surface area contributed by atoms with Crippen molar-refractivity contribution in [3.63, 3.8) is 0 Å². The van der Waals surface area contributed by atoms with E-state index >= 15 is 0 Å². The Morgan fingerprint density at radius 3 is 2.67 bits per heavy atom. The van der Waals surface area contributed by atoms with Crippen molar-refractivity contribution in [1.82, 2.24) is 5.32 Å². The van der Waals surface area contributed by atoms with Crippen LogP contribution in [0.5, 0.6) is 5.75 Å². The second-order valence-electron chi connectivity index (χ2n) is 4.22. The highest BCUT2D eigenvalue weighted by Gasteiger charge is 2.15. The van der Waals surface area contributed by atoms with Gasteiger partial charge < -0.3 is 19.5 Å². The van der Waals surface area contributed by atoms with Crippen molar-refractivity contribution in [2.24, 2.45) is 0 Å². The molecular formula is C14H23NO3. The molecular weight excluding hydrogens is 230 g/mol. The fraction of sp³-hybridized carbons (Fsp3) is 0.571. The Morgan fingerprint density at radius 2 is 2.06 bits per heavy atom. The molecule has 0 saturated heterocycles. The summed E-state index contributed by atoms with van der Waals surface area (Å²) in [6.45, 7) is 3.34. The van der Waals surface area contributed by atoms with E-state index in [-0.39, 0.29) is 12.2 Å². The van der Waals surface area contributed by atoms with Crippen molar-refractivity contribution in [1.29, 1.82) is 0 Å². The van der Waals surface area contributed by atoms with Crippen LogP contribution in [0.1, 0.15) is 18.6 Å². The molecule has 0 aliphatic carbocycles. The van der Waals surface area contributed by atoms with Gasteiger partial charge in [0.25, 0.3) is 0 Å². The first-order chi connectivity index (χ1) is 8.71. The van der Waals surface area contributed by atoms with Gasteiger partial charge in [-0.05, 0) is 31.7 Å². The molecule has 1 aromatic carbocycles. The number of methoxy groups -OCH3 is 2. The van der Waals surface area contributed by atoms with E-state index in [1.54, 1.807) is 14.2 Å². The van der Waals surface area contributed by atoms with E-state index in [0.29, 0.717) is 6.61 Å². The highest BCUT2D eigenvalue weighted by atomic mass is 16.5. The molecule has 0 aliphatic rings. The molecule has 0 fully saturated rings. The largest absolute Gasteiger partial charge is 0.497 e. The summed E-state index contributed by atoms with van der Waals surface area (Å²) in [7, 11) is 5.26. The van der Waals surface area contributed by atoms with Crippen LogP contribution in [0.15, 0.2) is 24.3 Å². The first kappa shape index (κ1) is 15.0. The summed E-state index contributed by atoms with van der Waals surface area (Å²) in [4.78, 5) is 0. The van der Waals surface area contributed by atoms with Crippen molar-refractivity contribution in [3.05, 3.63) is 29.8 Å². The Kier molecular flexibility index (Phi) is 6.72. The highest BCUT2D eigenvalue weighted by Crippen LogP contribution is 2.22. The summed E-state index contributed by atoms with van der Waals surface area (Å²) in [5.41, 5.74) is 1.10. The SMILES string of the molecule is CNCC(OC(C)COC)c1cccc(OC)c1. The molecule has 18 heavy (non-hydrogen) atoms. The molecule has 1 rings (SSSR count). The maximum absolute atomic E-state index is 5.97. The Hall–Kier alpha value is -1.10. The second kappa shape index (κ2) is 8.08. The zero-order valence-corrected chi connectivity index (χ0v) is 11.6. The van der Waals surface area contributed by atoms with Gasteiger partial charge in [-0.1, -0.05) is 12.1 Å². The first-order valence-corrected chi connectivity index (χ1v) is 6.14. The van der Waals surface area contributed by atoms with Crippen LogP contribution >= 0.6 is 0 Å². The molecule has 0 spiro atoms. The molecule has 0 saturated carbocycles. The third-order valence-corrected chi connectivity index (χ3v) is 2.65. The van der Waals surface area contributed by atoms with Crippen molar-refractivity contribution in [2.75, 3.05) is 34.4 Å². The molecule has 0 radical (unpaired) electrons. The summed E-state index contributed by atoms with van der Waals surface area (Å²) in [6.07, 6.45) is 0.0507. The van der Waals surface area contributed by atoms with Crippen LogP contribution in [0.3, 0.4) is 0 Å². The molecule has 1 aromatic rings. The third-order valence-electron chi connectivity index (χ3n) is 2.65. The zero-order valence-electron chi connectivity index (χ0n) is 11.6. The van der Waals surface area contributed by atoms with E-state index in [1.807, 2.05) is 38.2 Å². The number of benzene rings is 1. The van der Waals surface area contributed by atoms with Crippen molar-refractivity contribution >= 4 is 0 Å². The molecule has 0 bridgehead atoms. The molecule has 4 heteroatoms.